The Morgan fingerprint density at radius 1 is 1.03 bits per heavy atom. The van der Waals surface area contributed by atoms with Gasteiger partial charge in [-0.15, -0.1) is 0 Å². The summed E-state index contributed by atoms with van der Waals surface area (Å²) in [6, 6.07) is 10.9. The van der Waals surface area contributed by atoms with Gasteiger partial charge in [0, 0.05) is 37.7 Å². The van der Waals surface area contributed by atoms with E-state index in [1.54, 1.807) is 0 Å². The highest BCUT2D eigenvalue weighted by Gasteiger charge is 2.54. The molecule has 160 valence electrons. The van der Waals surface area contributed by atoms with Crippen molar-refractivity contribution in [2.75, 3.05) is 13.1 Å². The highest BCUT2D eigenvalue weighted by molar-refractivity contribution is 6.02. The minimum absolute atomic E-state index is 0.147. The number of ether oxygens (including phenoxy) is 2. The van der Waals surface area contributed by atoms with Crippen LogP contribution in [0.15, 0.2) is 41.5 Å². The summed E-state index contributed by atoms with van der Waals surface area (Å²) in [6.45, 7) is 7.74. The summed E-state index contributed by atoms with van der Waals surface area (Å²) in [6.07, 6.45) is 4.68. The minimum Gasteiger partial charge on any atom is -0.447 e. The number of hydrogen-bond donors (Lipinski definition) is 0. The van der Waals surface area contributed by atoms with E-state index < -0.39 is 11.2 Å². The van der Waals surface area contributed by atoms with Crippen molar-refractivity contribution >= 4 is 11.9 Å². The standard InChI is InChI=1S/C25H27N3O3/c1-16-6-4-7-17-14-25(15-18(16)17)21(29)27-22(30-25)28-12-9-24(10-13-28)19-8-5-11-26-20(19)23(2,3)31-24/h4-8,11H,9-10,12-15H2,1-3H3. The van der Waals surface area contributed by atoms with Gasteiger partial charge in [0.2, 0.25) is 5.60 Å². The van der Waals surface area contributed by atoms with E-state index >= 15 is 0 Å². The summed E-state index contributed by atoms with van der Waals surface area (Å²) in [5.74, 6) is -0.147. The molecule has 4 aliphatic rings. The molecule has 1 amide bonds. The number of amides is 1. The van der Waals surface area contributed by atoms with Gasteiger partial charge in [-0.3, -0.25) is 9.78 Å². The number of benzene rings is 1. The lowest BCUT2D eigenvalue weighted by atomic mass is 9.84. The molecule has 1 aromatic heterocycles. The molecular formula is C25H27N3O3. The number of aryl methyl sites for hydroxylation is 1. The lowest BCUT2D eigenvalue weighted by Gasteiger charge is -2.41. The third-order valence-electron chi connectivity index (χ3n) is 7.48. The second kappa shape index (κ2) is 6.16. The maximum absolute atomic E-state index is 13.0. The second-order valence-electron chi connectivity index (χ2n) is 9.86. The molecule has 2 spiro atoms. The van der Waals surface area contributed by atoms with E-state index in [0.717, 1.165) is 31.6 Å². The largest absolute Gasteiger partial charge is 0.447 e. The summed E-state index contributed by atoms with van der Waals surface area (Å²) in [5, 5.41) is 0. The van der Waals surface area contributed by atoms with Gasteiger partial charge < -0.3 is 14.4 Å². The van der Waals surface area contributed by atoms with Crippen LogP contribution in [0, 0.1) is 6.92 Å². The maximum Gasteiger partial charge on any atom is 0.296 e. The molecule has 0 radical (unpaired) electrons. The van der Waals surface area contributed by atoms with Gasteiger partial charge in [-0.05, 0) is 56.4 Å². The topological polar surface area (TPSA) is 64.0 Å². The number of piperidine rings is 1. The first-order valence-corrected chi connectivity index (χ1v) is 11.1. The molecule has 0 N–H and O–H groups in total. The number of amidine groups is 1. The first-order chi connectivity index (χ1) is 14.8. The van der Waals surface area contributed by atoms with Gasteiger partial charge in [-0.25, -0.2) is 0 Å². The third-order valence-corrected chi connectivity index (χ3v) is 7.48. The van der Waals surface area contributed by atoms with Crippen LogP contribution < -0.4 is 0 Å². The lowest BCUT2D eigenvalue weighted by molar-refractivity contribution is -0.148. The SMILES string of the molecule is Cc1cccc2c1CC1(C2)OC(N2CCC3(CC2)OC(C)(C)c2ncccc23)=NC1=O. The van der Waals surface area contributed by atoms with Gasteiger partial charge >= 0.3 is 0 Å². The average molecular weight is 418 g/mol. The average Bonchev–Trinajstić information content (AvgIpc) is 3.35. The minimum atomic E-state index is -0.860. The van der Waals surface area contributed by atoms with E-state index in [4.69, 9.17) is 9.47 Å². The molecule has 3 aliphatic heterocycles. The van der Waals surface area contributed by atoms with E-state index in [2.05, 4.69) is 53.8 Å². The van der Waals surface area contributed by atoms with Crippen molar-refractivity contribution < 1.29 is 14.3 Å². The van der Waals surface area contributed by atoms with Crippen LogP contribution in [0.25, 0.3) is 0 Å². The fourth-order valence-electron chi connectivity index (χ4n) is 5.90. The summed E-state index contributed by atoms with van der Waals surface area (Å²) in [7, 11) is 0. The Bertz CT molecular complexity index is 1130. The number of carbonyl (C=O) groups excluding carboxylic acids is 1. The number of carbonyl (C=O) groups is 1. The van der Waals surface area contributed by atoms with Crippen molar-refractivity contribution in [1.29, 1.82) is 0 Å². The van der Waals surface area contributed by atoms with Crippen molar-refractivity contribution in [3.05, 3.63) is 64.5 Å². The first-order valence-electron chi connectivity index (χ1n) is 11.1. The van der Waals surface area contributed by atoms with Crippen LogP contribution in [0.5, 0.6) is 0 Å². The van der Waals surface area contributed by atoms with Crippen molar-refractivity contribution in [3.8, 4) is 0 Å². The fourth-order valence-corrected chi connectivity index (χ4v) is 5.90. The highest BCUT2D eigenvalue weighted by Crippen LogP contribution is 2.51. The summed E-state index contributed by atoms with van der Waals surface area (Å²) in [4.78, 5) is 24.1. The highest BCUT2D eigenvalue weighted by atomic mass is 16.5. The van der Waals surface area contributed by atoms with E-state index in [1.807, 2.05) is 18.3 Å². The Hall–Kier alpha value is -2.73. The molecule has 4 heterocycles. The quantitative estimate of drug-likeness (QED) is 0.657. The molecule has 2 aromatic rings. The predicted molar refractivity (Wildman–Crippen MR) is 116 cm³/mol. The maximum atomic E-state index is 13.0. The summed E-state index contributed by atoms with van der Waals surface area (Å²) in [5.41, 5.74) is 4.30. The lowest BCUT2D eigenvalue weighted by Crippen LogP contribution is -2.47. The molecule has 6 rings (SSSR count). The van der Waals surface area contributed by atoms with Crippen molar-refractivity contribution in [3.63, 3.8) is 0 Å². The van der Waals surface area contributed by atoms with Crippen LogP contribution in [0.3, 0.4) is 0 Å². The number of aromatic nitrogens is 1. The van der Waals surface area contributed by atoms with Crippen LogP contribution >= 0.6 is 0 Å². The van der Waals surface area contributed by atoms with Crippen LogP contribution in [0.4, 0.5) is 0 Å². The van der Waals surface area contributed by atoms with E-state index in [-0.39, 0.29) is 11.5 Å². The molecule has 0 bridgehead atoms. The van der Waals surface area contributed by atoms with E-state index in [1.165, 1.54) is 22.3 Å². The Morgan fingerprint density at radius 3 is 2.61 bits per heavy atom. The smallest absolute Gasteiger partial charge is 0.296 e. The zero-order chi connectivity index (χ0) is 21.4. The number of pyridine rings is 1. The zero-order valence-corrected chi connectivity index (χ0v) is 18.3. The third kappa shape index (κ3) is 2.64. The predicted octanol–water partition coefficient (Wildman–Crippen LogP) is 3.40. The molecule has 0 saturated carbocycles. The number of aliphatic imine (C=N–C) groups is 1. The second-order valence-corrected chi connectivity index (χ2v) is 9.86. The molecule has 6 nitrogen and oxygen atoms in total. The van der Waals surface area contributed by atoms with Gasteiger partial charge in [0.25, 0.3) is 11.9 Å². The van der Waals surface area contributed by atoms with E-state index in [9.17, 15) is 4.79 Å². The van der Waals surface area contributed by atoms with Crippen LogP contribution in [-0.4, -0.2) is 40.5 Å². The van der Waals surface area contributed by atoms with Crippen LogP contribution in [-0.2, 0) is 38.3 Å². The summed E-state index contributed by atoms with van der Waals surface area (Å²) >= 11 is 0. The normalized spacial score (nSPS) is 27.4. The van der Waals surface area contributed by atoms with Crippen molar-refractivity contribution in [1.82, 2.24) is 9.88 Å². The molecule has 1 atom stereocenters. The number of hydrogen-bond acceptors (Lipinski definition) is 5. The van der Waals surface area contributed by atoms with Crippen LogP contribution in [0.2, 0.25) is 0 Å². The molecule has 31 heavy (non-hydrogen) atoms. The van der Waals surface area contributed by atoms with Crippen molar-refractivity contribution in [2.24, 2.45) is 4.99 Å². The van der Waals surface area contributed by atoms with E-state index in [0.29, 0.717) is 18.9 Å². The zero-order valence-electron chi connectivity index (χ0n) is 18.3. The molecule has 1 saturated heterocycles. The van der Waals surface area contributed by atoms with Crippen molar-refractivity contribution in [2.45, 2.75) is 63.3 Å². The monoisotopic (exact) mass is 417 g/mol. The van der Waals surface area contributed by atoms with Gasteiger partial charge in [-0.2, -0.15) is 4.99 Å². The number of rotatable bonds is 0. The molecule has 1 aliphatic carbocycles. The molecule has 1 unspecified atom stereocenters. The van der Waals surface area contributed by atoms with Gasteiger partial charge in [-0.1, -0.05) is 24.3 Å². The summed E-state index contributed by atoms with van der Waals surface area (Å²) < 4.78 is 12.9. The number of likely N-dealkylation sites (tertiary alicyclic amines) is 1. The molecular weight excluding hydrogens is 390 g/mol. The van der Waals surface area contributed by atoms with Gasteiger partial charge in [0.15, 0.2) is 0 Å². The number of nitrogens with zero attached hydrogens (tertiary/aromatic N) is 3. The molecule has 1 aromatic carbocycles. The van der Waals surface area contributed by atoms with Gasteiger partial charge in [0.1, 0.15) is 5.60 Å². The first kappa shape index (κ1) is 19.0. The Balaban J connectivity index is 1.21. The Morgan fingerprint density at radius 2 is 1.84 bits per heavy atom. The van der Waals surface area contributed by atoms with Crippen LogP contribution in [0.1, 0.15) is 54.6 Å². The van der Waals surface area contributed by atoms with Gasteiger partial charge in [0.05, 0.1) is 11.3 Å². The fraction of sp³-hybridized carbons (Fsp3) is 0.480. The number of fused-ring (bicyclic) bond motifs is 3. The molecule has 6 heteroatoms. The molecule has 1 fully saturated rings. The Labute approximate surface area is 182 Å². The Kier molecular flexibility index (Phi) is 3.77.